The number of urea groups is 1. The zero-order chi connectivity index (χ0) is 17.2. The molecule has 1 unspecified atom stereocenters. The van der Waals surface area contributed by atoms with Crippen LogP contribution in [0.4, 0.5) is 16.2 Å². The molecule has 2 amide bonds. The summed E-state index contributed by atoms with van der Waals surface area (Å²) in [6, 6.07) is 16.8. The summed E-state index contributed by atoms with van der Waals surface area (Å²) < 4.78 is 3.43. The van der Waals surface area contributed by atoms with Crippen LogP contribution >= 0.6 is 11.9 Å². The van der Waals surface area contributed by atoms with Gasteiger partial charge >= 0.3 is 6.03 Å². The smallest absolute Gasteiger partial charge is 0.291 e. The molecule has 4 rings (SSSR count). The maximum atomic E-state index is 13.3. The van der Waals surface area contributed by atoms with E-state index in [-0.39, 0.29) is 12.1 Å². The predicted octanol–water partition coefficient (Wildman–Crippen LogP) is 4.59. The van der Waals surface area contributed by atoms with Crippen molar-refractivity contribution in [2.75, 3.05) is 22.9 Å². The van der Waals surface area contributed by atoms with Gasteiger partial charge in [-0.2, -0.15) is 0 Å². The number of aryl methyl sites for hydroxylation is 1. The van der Waals surface area contributed by atoms with Crippen LogP contribution in [0.1, 0.15) is 24.8 Å². The molecule has 2 aliphatic rings. The van der Waals surface area contributed by atoms with Crippen molar-refractivity contribution >= 4 is 29.4 Å². The molecule has 1 N–H and O–H groups in total. The van der Waals surface area contributed by atoms with Crippen LogP contribution in [0.2, 0.25) is 0 Å². The minimum absolute atomic E-state index is 0.0856. The molecule has 4 nitrogen and oxygen atoms in total. The third-order valence-corrected chi connectivity index (χ3v) is 5.83. The number of benzene rings is 2. The summed E-state index contributed by atoms with van der Waals surface area (Å²) in [5, 5.41) is 0. The summed E-state index contributed by atoms with van der Waals surface area (Å²) in [6.45, 7) is 3.82. The Labute approximate surface area is 153 Å². The van der Waals surface area contributed by atoms with Crippen LogP contribution in [0.25, 0.3) is 0 Å². The molecule has 1 atom stereocenters. The molecule has 0 saturated carbocycles. The molecule has 1 saturated heterocycles. The highest BCUT2D eigenvalue weighted by molar-refractivity contribution is 7.97. The molecule has 2 aromatic carbocycles. The molecule has 1 fully saturated rings. The van der Waals surface area contributed by atoms with Crippen molar-refractivity contribution in [2.24, 2.45) is 0 Å². The minimum Gasteiger partial charge on any atom is -0.291 e. The van der Waals surface area contributed by atoms with E-state index < -0.39 is 0 Å². The van der Waals surface area contributed by atoms with Gasteiger partial charge in [0.05, 0.1) is 11.7 Å². The molecule has 0 aliphatic carbocycles. The topological polar surface area (TPSA) is 35.6 Å². The largest absolute Gasteiger partial charge is 0.329 e. The number of fused-ring (bicyclic) bond motifs is 4. The first-order valence-electron chi connectivity index (χ1n) is 8.90. The first kappa shape index (κ1) is 16.5. The Balaban J connectivity index is 1.73. The zero-order valence-electron chi connectivity index (χ0n) is 14.4. The Morgan fingerprint density at radius 2 is 1.88 bits per heavy atom. The lowest BCUT2D eigenvalue weighted by Gasteiger charge is -2.24. The number of anilines is 2. The molecule has 5 heteroatoms. The minimum atomic E-state index is 0.0856. The molecule has 130 valence electrons. The second-order valence-corrected chi connectivity index (χ2v) is 7.65. The lowest BCUT2D eigenvalue weighted by Crippen LogP contribution is -2.35. The second-order valence-electron chi connectivity index (χ2n) is 6.71. The van der Waals surface area contributed by atoms with Crippen molar-refractivity contribution in [3.05, 3.63) is 54.1 Å². The Hall–Kier alpha value is -1.98. The fourth-order valence-corrected chi connectivity index (χ4v) is 4.41. The lowest BCUT2D eigenvalue weighted by atomic mass is 10.1. The number of nitrogens with zero attached hydrogens (tertiary/aromatic N) is 2. The highest BCUT2D eigenvalue weighted by Gasteiger charge is 2.39. The van der Waals surface area contributed by atoms with Crippen molar-refractivity contribution in [3.8, 4) is 0 Å². The molecular weight excluding hydrogens is 330 g/mol. The summed E-state index contributed by atoms with van der Waals surface area (Å²) in [4.78, 5) is 18.3. The van der Waals surface area contributed by atoms with Gasteiger partial charge in [0.25, 0.3) is 0 Å². The van der Waals surface area contributed by atoms with E-state index in [9.17, 15) is 4.79 Å². The number of carbonyl (C=O) groups is 1. The lowest BCUT2D eigenvalue weighted by molar-refractivity contribution is 0.255. The van der Waals surface area contributed by atoms with E-state index in [1.54, 1.807) is 11.9 Å². The maximum Gasteiger partial charge on any atom is 0.329 e. The Kier molecular flexibility index (Phi) is 4.68. The number of hydrogen-bond acceptors (Lipinski definition) is 3. The normalized spacial score (nSPS) is 21.0. The van der Waals surface area contributed by atoms with E-state index in [0.717, 1.165) is 48.6 Å². The number of nitrogens with one attached hydrogen (secondary N) is 1. The van der Waals surface area contributed by atoms with E-state index in [1.807, 2.05) is 21.9 Å². The van der Waals surface area contributed by atoms with Crippen LogP contribution < -0.4 is 14.5 Å². The summed E-state index contributed by atoms with van der Waals surface area (Å²) >= 11 is 1.63. The van der Waals surface area contributed by atoms with Gasteiger partial charge in [0.2, 0.25) is 0 Å². The summed E-state index contributed by atoms with van der Waals surface area (Å²) in [5.74, 6) is 0. The zero-order valence-corrected chi connectivity index (χ0v) is 15.3. The summed E-state index contributed by atoms with van der Waals surface area (Å²) in [7, 11) is 0. The van der Waals surface area contributed by atoms with Crippen LogP contribution in [0.5, 0.6) is 0 Å². The van der Waals surface area contributed by atoms with Crippen LogP contribution in [-0.4, -0.2) is 25.2 Å². The van der Waals surface area contributed by atoms with Crippen LogP contribution in [0.3, 0.4) is 0 Å². The number of carbonyl (C=O) groups excluding carboxylic acids is 1. The molecule has 2 heterocycles. The van der Waals surface area contributed by atoms with Crippen LogP contribution in [0.15, 0.2) is 53.4 Å². The summed E-state index contributed by atoms with van der Waals surface area (Å²) in [6.07, 6.45) is 3.28. The van der Waals surface area contributed by atoms with Gasteiger partial charge in [-0.25, -0.2) is 4.79 Å². The molecule has 0 radical (unpaired) electrons. The van der Waals surface area contributed by atoms with Gasteiger partial charge in [0, 0.05) is 23.7 Å². The molecule has 2 bridgehead atoms. The Morgan fingerprint density at radius 1 is 1.08 bits per heavy atom. The van der Waals surface area contributed by atoms with Gasteiger partial charge in [-0.15, -0.1) is 0 Å². The van der Waals surface area contributed by atoms with Crippen molar-refractivity contribution in [1.29, 1.82) is 0 Å². The first-order valence-corrected chi connectivity index (χ1v) is 9.72. The van der Waals surface area contributed by atoms with Crippen LogP contribution in [0, 0.1) is 6.92 Å². The van der Waals surface area contributed by atoms with Gasteiger partial charge < -0.3 is 0 Å². The average molecular weight is 353 g/mol. The highest BCUT2D eigenvalue weighted by atomic mass is 32.2. The molecule has 25 heavy (non-hydrogen) atoms. The van der Waals surface area contributed by atoms with Crippen LogP contribution in [-0.2, 0) is 0 Å². The molecule has 2 aromatic rings. The van der Waals surface area contributed by atoms with E-state index in [1.165, 1.54) is 5.56 Å². The fraction of sp³-hybridized carbons (Fsp3) is 0.350. The van der Waals surface area contributed by atoms with Gasteiger partial charge in [-0.3, -0.25) is 14.5 Å². The van der Waals surface area contributed by atoms with E-state index in [0.29, 0.717) is 0 Å². The molecule has 2 aliphatic heterocycles. The predicted molar refractivity (Wildman–Crippen MR) is 104 cm³/mol. The highest BCUT2D eigenvalue weighted by Crippen LogP contribution is 2.36. The van der Waals surface area contributed by atoms with Gasteiger partial charge in [-0.05, 0) is 56.0 Å². The maximum absolute atomic E-state index is 13.3. The Morgan fingerprint density at radius 3 is 2.72 bits per heavy atom. The number of rotatable bonds is 1. The van der Waals surface area contributed by atoms with Crippen molar-refractivity contribution in [2.45, 2.75) is 37.1 Å². The third kappa shape index (κ3) is 3.26. The Bertz CT molecular complexity index is 762. The van der Waals surface area contributed by atoms with E-state index in [4.69, 9.17) is 0 Å². The van der Waals surface area contributed by atoms with Gasteiger partial charge in [0.15, 0.2) is 0 Å². The molecule has 0 aromatic heterocycles. The van der Waals surface area contributed by atoms with Crippen molar-refractivity contribution in [1.82, 2.24) is 4.72 Å². The molecular formula is C20H23N3OS. The van der Waals surface area contributed by atoms with Crippen molar-refractivity contribution in [3.63, 3.8) is 0 Å². The van der Waals surface area contributed by atoms with E-state index in [2.05, 4.69) is 48.0 Å². The third-order valence-electron chi connectivity index (χ3n) is 4.91. The SMILES string of the molecule is Cc1ccc(N2C(=O)N3CC2CCCCNSc2ccccc23)cc1. The first-order chi connectivity index (χ1) is 12.2. The van der Waals surface area contributed by atoms with E-state index >= 15 is 0 Å². The standard InChI is InChI=1S/C20H23N3OS/c1-15-9-11-16(12-10-15)23-17-6-4-5-13-21-25-19-8-3-2-7-18(19)22(14-17)20(23)24/h2-3,7-12,17,21H,4-6,13-14H2,1H3. The van der Waals surface area contributed by atoms with Crippen molar-refractivity contribution < 1.29 is 4.79 Å². The number of hydrogen-bond donors (Lipinski definition) is 1. The fourth-order valence-electron chi connectivity index (χ4n) is 3.58. The van der Waals surface area contributed by atoms with Gasteiger partial charge in [0.1, 0.15) is 0 Å². The number of para-hydroxylation sites is 1. The average Bonchev–Trinajstić information content (AvgIpc) is 2.93. The van der Waals surface area contributed by atoms with Gasteiger partial charge in [-0.1, -0.05) is 36.2 Å². The number of amides is 2. The second kappa shape index (κ2) is 7.10. The summed E-state index contributed by atoms with van der Waals surface area (Å²) in [5.41, 5.74) is 3.22. The quantitative estimate of drug-likeness (QED) is 0.762. The monoisotopic (exact) mass is 353 g/mol. The molecule has 0 spiro atoms.